The van der Waals surface area contributed by atoms with Crippen LogP contribution in [0.2, 0.25) is 0 Å². The second-order valence-corrected chi connectivity index (χ2v) is 5.80. The Bertz CT molecular complexity index is 400. The molecule has 0 aliphatic heterocycles. The number of carbonyl (C=O) groups is 1. The number of hydrogen-bond acceptors (Lipinski definition) is 1. The third-order valence-electron chi connectivity index (χ3n) is 3.35. The van der Waals surface area contributed by atoms with Gasteiger partial charge in [0.1, 0.15) is 0 Å². The van der Waals surface area contributed by atoms with Crippen LogP contribution >= 0.6 is 0 Å². The van der Waals surface area contributed by atoms with Crippen LogP contribution in [0.1, 0.15) is 53.0 Å². The summed E-state index contributed by atoms with van der Waals surface area (Å²) >= 11 is 0. The van der Waals surface area contributed by atoms with Crippen LogP contribution in [0.15, 0.2) is 24.3 Å². The molecule has 0 saturated carbocycles. The van der Waals surface area contributed by atoms with Gasteiger partial charge in [0, 0.05) is 11.6 Å². The van der Waals surface area contributed by atoms with E-state index in [4.69, 9.17) is 0 Å². The van der Waals surface area contributed by atoms with Crippen molar-refractivity contribution in [2.24, 2.45) is 5.92 Å². The minimum atomic E-state index is 0.0395. The normalized spacial score (nSPS) is 11.7. The van der Waals surface area contributed by atoms with Gasteiger partial charge in [0.15, 0.2) is 0 Å². The van der Waals surface area contributed by atoms with Crippen molar-refractivity contribution in [2.45, 2.75) is 52.9 Å². The topological polar surface area (TPSA) is 29.1 Å². The first kappa shape index (κ1) is 14.7. The average Bonchev–Trinajstić information content (AvgIpc) is 2.30. The van der Waals surface area contributed by atoms with Crippen LogP contribution in [0.5, 0.6) is 0 Å². The first-order chi connectivity index (χ1) is 8.40. The van der Waals surface area contributed by atoms with E-state index >= 15 is 0 Å². The minimum absolute atomic E-state index is 0.0395. The quantitative estimate of drug-likeness (QED) is 0.841. The van der Waals surface area contributed by atoms with Gasteiger partial charge in [-0.25, -0.2) is 0 Å². The van der Waals surface area contributed by atoms with Gasteiger partial charge in [-0.05, 0) is 29.9 Å². The second-order valence-electron chi connectivity index (χ2n) is 5.80. The van der Waals surface area contributed by atoms with E-state index in [0.29, 0.717) is 0 Å². The second kappa shape index (κ2) is 6.03. The van der Waals surface area contributed by atoms with Crippen molar-refractivity contribution in [1.82, 2.24) is 0 Å². The largest absolute Gasteiger partial charge is 0.326 e. The molecule has 0 heterocycles. The van der Waals surface area contributed by atoms with Crippen LogP contribution in [0.3, 0.4) is 0 Å². The van der Waals surface area contributed by atoms with Crippen molar-refractivity contribution >= 4 is 11.6 Å². The Morgan fingerprint density at radius 1 is 1.17 bits per heavy atom. The van der Waals surface area contributed by atoms with Crippen molar-refractivity contribution in [3.8, 4) is 0 Å². The molecular weight excluding hydrogens is 222 g/mol. The first-order valence-corrected chi connectivity index (χ1v) is 6.80. The van der Waals surface area contributed by atoms with Crippen molar-refractivity contribution in [2.75, 3.05) is 5.32 Å². The summed E-state index contributed by atoms with van der Waals surface area (Å²) in [4.78, 5) is 12.1. The van der Waals surface area contributed by atoms with Crippen LogP contribution in [-0.2, 0) is 10.2 Å². The van der Waals surface area contributed by atoms with E-state index in [2.05, 4.69) is 46.0 Å². The zero-order chi connectivity index (χ0) is 13.8. The smallest absolute Gasteiger partial charge is 0.227 e. The van der Waals surface area contributed by atoms with Crippen LogP contribution in [-0.4, -0.2) is 5.91 Å². The van der Waals surface area contributed by atoms with Gasteiger partial charge in [-0.2, -0.15) is 0 Å². The lowest BCUT2D eigenvalue weighted by Gasteiger charge is -2.24. The molecule has 1 N–H and O–H groups in total. The van der Waals surface area contributed by atoms with Crippen LogP contribution < -0.4 is 5.32 Å². The van der Waals surface area contributed by atoms with E-state index < -0.39 is 0 Å². The predicted molar refractivity (Wildman–Crippen MR) is 77.8 cm³/mol. The summed E-state index contributed by atoms with van der Waals surface area (Å²) in [6.45, 7) is 10.6. The van der Waals surface area contributed by atoms with Crippen LogP contribution in [0, 0.1) is 5.92 Å². The molecule has 1 rings (SSSR count). The Balaban J connectivity index is 2.95. The Hall–Kier alpha value is -1.31. The van der Waals surface area contributed by atoms with Gasteiger partial charge >= 0.3 is 0 Å². The van der Waals surface area contributed by atoms with Gasteiger partial charge in [0.25, 0.3) is 0 Å². The van der Waals surface area contributed by atoms with Gasteiger partial charge < -0.3 is 5.32 Å². The summed E-state index contributed by atoms with van der Waals surface area (Å²) in [5, 5.41) is 3.08. The summed E-state index contributed by atoms with van der Waals surface area (Å²) < 4.78 is 0. The fraction of sp³-hybridized carbons (Fsp3) is 0.562. The van der Waals surface area contributed by atoms with Gasteiger partial charge in [-0.1, -0.05) is 52.8 Å². The lowest BCUT2D eigenvalue weighted by molar-refractivity contribution is -0.120. The Kier molecular flexibility index (Phi) is 4.94. The highest BCUT2D eigenvalue weighted by molar-refractivity contribution is 5.93. The molecule has 0 radical (unpaired) electrons. The maximum absolute atomic E-state index is 12.1. The highest BCUT2D eigenvalue weighted by Gasteiger charge is 2.20. The van der Waals surface area contributed by atoms with E-state index in [1.165, 1.54) is 5.56 Å². The lowest BCUT2D eigenvalue weighted by atomic mass is 9.85. The molecule has 2 nitrogen and oxygen atoms in total. The molecule has 1 aromatic rings. The lowest BCUT2D eigenvalue weighted by Crippen LogP contribution is -2.24. The summed E-state index contributed by atoms with van der Waals surface area (Å²) in [6, 6.07) is 8.06. The van der Waals surface area contributed by atoms with Crippen molar-refractivity contribution in [3.63, 3.8) is 0 Å². The Morgan fingerprint density at radius 2 is 1.72 bits per heavy atom. The van der Waals surface area contributed by atoms with E-state index in [9.17, 15) is 4.79 Å². The molecule has 1 aromatic carbocycles. The standard InChI is InChI=1S/C16H25NO/c1-6-12(7-2)15(18)17-14-11-9-8-10-13(14)16(3,4)5/h8-12H,6-7H2,1-5H3,(H,17,18). The molecule has 0 unspecified atom stereocenters. The molecule has 0 spiro atoms. The number of anilines is 1. The molecule has 0 aliphatic rings. The first-order valence-electron chi connectivity index (χ1n) is 6.80. The fourth-order valence-corrected chi connectivity index (χ4v) is 2.14. The predicted octanol–water partition coefficient (Wildman–Crippen LogP) is 4.36. The Labute approximate surface area is 111 Å². The molecule has 0 aliphatic carbocycles. The van der Waals surface area contributed by atoms with Gasteiger partial charge in [-0.3, -0.25) is 4.79 Å². The summed E-state index contributed by atoms with van der Waals surface area (Å²) in [7, 11) is 0. The number of para-hydroxylation sites is 1. The van der Waals surface area contributed by atoms with Crippen LogP contribution in [0.25, 0.3) is 0 Å². The van der Waals surface area contributed by atoms with Crippen molar-refractivity contribution in [1.29, 1.82) is 0 Å². The van der Waals surface area contributed by atoms with Crippen molar-refractivity contribution in [3.05, 3.63) is 29.8 Å². The number of amides is 1. The molecular formula is C16H25NO. The average molecular weight is 247 g/mol. The summed E-state index contributed by atoms with van der Waals surface area (Å²) in [6.07, 6.45) is 1.78. The van der Waals surface area contributed by atoms with E-state index in [-0.39, 0.29) is 17.2 Å². The van der Waals surface area contributed by atoms with Gasteiger partial charge in [0.05, 0.1) is 0 Å². The molecule has 100 valence electrons. The highest BCUT2D eigenvalue weighted by Crippen LogP contribution is 2.29. The van der Waals surface area contributed by atoms with E-state index in [1.807, 2.05) is 18.2 Å². The Morgan fingerprint density at radius 3 is 2.22 bits per heavy atom. The van der Waals surface area contributed by atoms with E-state index in [1.54, 1.807) is 0 Å². The molecule has 0 aromatic heterocycles. The minimum Gasteiger partial charge on any atom is -0.326 e. The molecule has 0 fully saturated rings. The SMILES string of the molecule is CCC(CC)C(=O)Nc1ccccc1C(C)(C)C. The maximum Gasteiger partial charge on any atom is 0.227 e. The molecule has 18 heavy (non-hydrogen) atoms. The number of carbonyl (C=O) groups excluding carboxylic acids is 1. The number of rotatable bonds is 4. The van der Waals surface area contributed by atoms with Crippen LogP contribution in [0.4, 0.5) is 5.69 Å². The van der Waals surface area contributed by atoms with E-state index in [0.717, 1.165) is 18.5 Å². The zero-order valence-corrected chi connectivity index (χ0v) is 12.2. The fourth-order valence-electron chi connectivity index (χ4n) is 2.14. The molecule has 0 atom stereocenters. The number of hydrogen-bond donors (Lipinski definition) is 1. The maximum atomic E-state index is 12.1. The monoisotopic (exact) mass is 247 g/mol. The molecule has 1 amide bonds. The number of nitrogens with one attached hydrogen (secondary N) is 1. The molecule has 0 saturated heterocycles. The highest BCUT2D eigenvalue weighted by atomic mass is 16.1. The molecule has 2 heteroatoms. The van der Waals surface area contributed by atoms with Gasteiger partial charge in [-0.15, -0.1) is 0 Å². The third kappa shape index (κ3) is 3.59. The zero-order valence-electron chi connectivity index (χ0n) is 12.2. The van der Waals surface area contributed by atoms with Gasteiger partial charge in [0.2, 0.25) is 5.91 Å². The summed E-state index contributed by atoms with van der Waals surface area (Å²) in [5.41, 5.74) is 2.17. The third-order valence-corrected chi connectivity index (χ3v) is 3.35. The number of benzene rings is 1. The summed E-state index contributed by atoms with van der Waals surface area (Å²) in [5.74, 6) is 0.245. The van der Waals surface area contributed by atoms with Crippen molar-refractivity contribution < 1.29 is 4.79 Å². The molecule has 0 bridgehead atoms.